The Bertz CT molecular complexity index is 1120. The van der Waals surface area contributed by atoms with Crippen LogP contribution in [-0.4, -0.2) is 26.4 Å². The molecule has 2 aromatic heterocycles. The molecule has 3 aromatic rings. The largest absolute Gasteiger partial charge is 0.365 e. The smallest absolute Gasteiger partial charge is 0.254 e. The topological polar surface area (TPSA) is 102 Å². The zero-order chi connectivity index (χ0) is 22.9. The van der Waals surface area contributed by atoms with Gasteiger partial charge < -0.3 is 11.1 Å². The lowest BCUT2D eigenvalue weighted by Crippen LogP contribution is -2.27. The van der Waals surface area contributed by atoms with Gasteiger partial charge >= 0.3 is 0 Å². The van der Waals surface area contributed by atoms with Crippen LogP contribution in [0.15, 0.2) is 30.5 Å². The van der Waals surface area contributed by atoms with E-state index in [2.05, 4.69) is 60.4 Å². The first-order chi connectivity index (χ1) is 14.5. The van der Waals surface area contributed by atoms with Gasteiger partial charge in [-0.25, -0.2) is 9.50 Å². The number of aromatic nitrogens is 3. The van der Waals surface area contributed by atoms with E-state index in [-0.39, 0.29) is 17.4 Å². The highest BCUT2D eigenvalue weighted by molar-refractivity contribution is 5.98. The fraction of sp³-hybridized carbons (Fsp3) is 0.417. The number of aryl methyl sites for hydroxylation is 2. The number of amides is 2. The van der Waals surface area contributed by atoms with Gasteiger partial charge in [0.1, 0.15) is 5.56 Å². The summed E-state index contributed by atoms with van der Waals surface area (Å²) in [6.45, 7) is 12.3. The molecule has 7 nitrogen and oxygen atoms in total. The highest BCUT2D eigenvalue weighted by Crippen LogP contribution is 2.24. The van der Waals surface area contributed by atoms with Crippen LogP contribution in [0.5, 0.6) is 0 Å². The van der Waals surface area contributed by atoms with Gasteiger partial charge in [0.15, 0.2) is 5.65 Å². The molecular weight excluding hydrogens is 390 g/mol. The number of carbonyl (C=O) groups excluding carboxylic acids is 2. The molecule has 0 radical (unpaired) electrons. The number of hydrogen-bond acceptors (Lipinski definition) is 4. The molecule has 1 atom stereocenters. The number of nitrogens with one attached hydrogen (secondary N) is 1. The summed E-state index contributed by atoms with van der Waals surface area (Å²) < 4.78 is 1.61. The van der Waals surface area contributed by atoms with Gasteiger partial charge in [-0.05, 0) is 49.3 Å². The van der Waals surface area contributed by atoms with Crippen molar-refractivity contribution < 1.29 is 9.59 Å². The Morgan fingerprint density at radius 1 is 1.16 bits per heavy atom. The molecule has 1 aromatic carbocycles. The number of nitrogens with zero attached hydrogens (tertiary/aromatic N) is 3. The van der Waals surface area contributed by atoms with Gasteiger partial charge in [-0.15, -0.1) is 0 Å². The molecule has 1 unspecified atom stereocenters. The lowest BCUT2D eigenvalue weighted by molar-refractivity contribution is -0.121. The van der Waals surface area contributed by atoms with Crippen molar-refractivity contribution >= 4 is 17.5 Å². The lowest BCUT2D eigenvalue weighted by atomic mass is 9.86. The number of fused-ring (bicyclic) bond motifs is 1. The fourth-order valence-corrected chi connectivity index (χ4v) is 3.75. The maximum absolute atomic E-state index is 12.6. The SMILES string of the molecule is Cc1nc2c(C(N)=O)cnn2c(C)c1CCC(=O)NC(C)c1ccc(C(C)(C)C)cc1. The normalized spacial score (nSPS) is 12.7. The first-order valence-corrected chi connectivity index (χ1v) is 10.5. The van der Waals surface area contributed by atoms with E-state index < -0.39 is 5.91 Å². The van der Waals surface area contributed by atoms with E-state index in [1.807, 2.05) is 20.8 Å². The number of nitrogens with two attached hydrogens (primary N) is 1. The average molecular weight is 422 g/mol. The summed E-state index contributed by atoms with van der Waals surface area (Å²) in [6, 6.07) is 8.32. The zero-order valence-corrected chi connectivity index (χ0v) is 19.1. The summed E-state index contributed by atoms with van der Waals surface area (Å²) in [5, 5.41) is 7.31. The molecule has 0 aliphatic rings. The van der Waals surface area contributed by atoms with Crippen molar-refractivity contribution in [1.82, 2.24) is 19.9 Å². The van der Waals surface area contributed by atoms with E-state index in [9.17, 15) is 9.59 Å². The first kappa shape index (κ1) is 22.5. The molecular formula is C24H31N5O2. The Balaban J connectivity index is 1.68. The summed E-state index contributed by atoms with van der Waals surface area (Å²) in [7, 11) is 0. The molecule has 0 saturated heterocycles. The Labute approximate surface area is 183 Å². The van der Waals surface area contributed by atoms with Gasteiger partial charge in [0.2, 0.25) is 5.91 Å². The molecule has 31 heavy (non-hydrogen) atoms. The summed E-state index contributed by atoms with van der Waals surface area (Å²) in [5.74, 6) is -0.581. The van der Waals surface area contributed by atoms with Crippen LogP contribution < -0.4 is 11.1 Å². The summed E-state index contributed by atoms with van der Waals surface area (Å²) in [4.78, 5) is 28.7. The second-order valence-corrected chi connectivity index (χ2v) is 9.08. The molecule has 0 saturated carbocycles. The molecule has 3 N–H and O–H groups in total. The van der Waals surface area contributed by atoms with Gasteiger partial charge in [-0.1, -0.05) is 45.0 Å². The monoisotopic (exact) mass is 421 g/mol. The summed E-state index contributed by atoms with van der Waals surface area (Å²) in [5.41, 5.74) is 11.2. The van der Waals surface area contributed by atoms with Crippen LogP contribution in [0.4, 0.5) is 0 Å². The number of rotatable bonds is 6. The van der Waals surface area contributed by atoms with E-state index in [1.165, 1.54) is 11.8 Å². The molecule has 3 rings (SSSR count). The van der Waals surface area contributed by atoms with Gasteiger partial charge in [-0.2, -0.15) is 5.10 Å². The Hall–Kier alpha value is -3.22. The summed E-state index contributed by atoms with van der Waals surface area (Å²) >= 11 is 0. The maximum Gasteiger partial charge on any atom is 0.254 e. The van der Waals surface area contributed by atoms with Crippen molar-refractivity contribution in [1.29, 1.82) is 0 Å². The second-order valence-electron chi connectivity index (χ2n) is 9.08. The van der Waals surface area contributed by atoms with Gasteiger partial charge in [0, 0.05) is 17.8 Å². The molecule has 0 bridgehead atoms. The van der Waals surface area contributed by atoms with Crippen LogP contribution in [0.1, 0.15) is 78.6 Å². The standard InChI is InChI=1S/C24H31N5O2/c1-14(17-7-9-18(10-8-17)24(4,5)6)27-21(30)12-11-19-15(2)28-23-20(22(25)31)13-26-29(23)16(19)3/h7-10,13-14H,11-12H2,1-6H3,(H2,25,31)(H,27,30). The minimum Gasteiger partial charge on any atom is -0.365 e. The van der Waals surface area contributed by atoms with E-state index >= 15 is 0 Å². The maximum atomic E-state index is 12.6. The zero-order valence-electron chi connectivity index (χ0n) is 19.1. The van der Waals surface area contributed by atoms with E-state index in [4.69, 9.17) is 5.73 Å². The molecule has 0 aliphatic heterocycles. The van der Waals surface area contributed by atoms with Crippen molar-refractivity contribution in [3.05, 3.63) is 64.1 Å². The Morgan fingerprint density at radius 3 is 2.39 bits per heavy atom. The highest BCUT2D eigenvalue weighted by Gasteiger charge is 2.18. The second kappa shape index (κ2) is 8.49. The minimum atomic E-state index is -0.557. The number of benzene rings is 1. The quantitative estimate of drug-likeness (QED) is 0.635. The van der Waals surface area contributed by atoms with Crippen molar-refractivity contribution in [2.24, 2.45) is 5.73 Å². The number of carbonyl (C=O) groups is 2. The van der Waals surface area contributed by atoms with Crippen molar-refractivity contribution in [2.75, 3.05) is 0 Å². The predicted molar refractivity (Wildman–Crippen MR) is 121 cm³/mol. The summed E-state index contributed by atoms with van der Waals surface area (Å²) in [6.07, 6.45) is 2.30. The fourth-order valence-electron chi connectivity index (χ4n) is 3.75. The van der Waals surface area contributed by atoms with Crippen molar-refractivity contribution in [3.63, 3.8) is 0 Å². The highest BCUT2D eigenvalue weighted by atomic mass is 16.2. The third kappa shape index (κ3) is 4.76. The van der Waals surface area contributed by atoms with Crippen LogP contribution in [-0.2, 0) is 16.6 Å². The van der Waals surface area contributed by atoms with E-state index in [0.717, 1.165) is 22.5 Å². The van der Waals surface area contributed by atoms with Crippen molar-refractivity contribution in [3.8, 4) is 0 Å². The van der Waals surface area contributed by atoms with Gasteiger partial charge in [0.25, 0.3) is 5.91 Å². The third-order valence-corrected chi connectivity index (χ3v) is 5.73. The van der Waals surface area contributed by atoms with Crippen LogP contribution in [0.25, 0.3) is 5.65 Å². The Morgan fingerprint density at radius 2 is 1.81 bits per heavy atom. The van der Waals surface area contributed by atoms with Gasteiger partial charge in [0.05, 0.1) is 12.2 Å². The molecule has 0 spiro atoms. The first-order valence-electron chi connectivity index (χ1n) is 10.5. The predicted octanol–water partition coefficient (Wildman–Crippen LogP) is 3.55. The minimum absolute atomic E-state index is 0.0235. The van der Waals surface area contributed by atoms with Crippen molar-refractivity contribution in [2.45, 2.75) is 65.8 Å². The van der Waals surface area contributed by atoms with Crippen LogP contribution in [0.3, 0.4) is 0 Å². The van der Waals surface area contributed by atoms with Gasteiger partial charge in [-0.3, -0.25) is 9.59 Å². The number of hydrogen-bond donors (Lipinski definition) is 2. The molecule has 164 valence electrons. The molecule has 7 heteroatoms. The molecule has 2 amide bonds. The Kier molecular flexibility index (Phi) is 6.15. The van der Waals surface area contributed by atoms with E-state index in [1.54, 1.807) is 4.52 Å². The van der Waals surface area contributed by atoms with Crippen LogP contribution in [0.2, 0.25) is 0 Å². The molecule has 0 fully saturated rings. The molecule has 0 aliphatic carbocycles. The number of primary amides is 1. The van der Waals surface area contributed by atoms with Crippen LogP contribution in [0, 0.1) is 13.8 Å². The van der Waals surface area contributed by atoms with Crippen LogP contribution >= 0.6 is 0 Å². The van der Waals surface area contributed by atoms with E-state index in [0.29, 0.717) is 24.1 Å². The molecule has 2 heterocycles. The third-order valence-electron chi connectivity index (χ3n) is 5.73. The lowest BCUT2D eigenvalue weighted by Gasteiger charge is -2.21. The average Bonchev–Trinajstić information content (AvgIpc) is 3.11.